The number of anilines is 2. The van der Waals surface area contributed by atoms with Crippen LogP contribution in [0.3, 0.4) is 0 Å². The molecule has 0 spiro atoms. The Hall–Kier alpha value is -3.31. The van der Waals surface area contributed by atoms with Gasteiger partial charge in [0.2, 0.25) is 16.0 Å². The lowest BCUT2D eigenvalue weighted by atomic mass is 9.82. The van der Waals surface area contributed by atoms with Gasteiger partial charge in [-0.05, 0) is 68.2 Å². The van der Waals surface area contributed by atoms with Crippen molar-refractivity contribution in [3.05, 3.63) is 66.7 Å². The van der Waals surface area contributed by atoms with Crippen LogP contribution in [0.5, 0.6) is 0 Å². The van der Waals surface area contributed by atoms with Gasteiger partial charge in [0.05, 0.1) is 10.4 Å². The first kappa shape index (κ1) is 29.7. The molecule has 43 heavy (non-hydrogen) atoms. The molecule has 0 unspecified atom stereocenters. The summed E-state index contributed by atoms with van der Waals surface area (Å²) in [5.41, 5.74) is 0.935. The molecule has 10 heteroatoms. The quantitative estimate of drug-likeness (QED) is 0.229. The average Bonchev–Trinajstić information content (AvgIpc) is 3.04. The number of hydrogen-bond acceptors (Lipinski definition) is 8. The Morgan fingerprint density at radius 3 is 2.23 bits per heavy atom. The highest BCUT2D eigenvalue weighted by atomic mass is 32.2. The van der Waals surface area contributed by atoms with E-state index >= 15 is 0 Å². The number of rotatable bonds is 11. The van der Waals surface area contributed by atoms with Crippen molar-refractivity contribution < 1.29 is 8.42 Å². The van der Waals surface area contributed by atoms with Crippen molar-refractivity contribution >= 4 is 43.5 Å². The van der Waals surface area contributed by atoms with Crippen molar-refractivity contribution in [3.8, 4) is 0 Å². The van der Waals surface area contributed by atoms with Gasteiger partial charge in [-0.2, -0.15) is 4.98 Å². The summed E-state index contributed by atoms with van der Waals surface area (Å²) in [6, 6.07) is 21.2. The van der Waals surface area contributed by atoms with Gasteiger partial charge in [-0.25, -0.2) is 18.1 Å². The molecule has 9 nitrogen and oxygen atoms in total. The standard InChI is InChI=1S/C33H43N7O2S/c1-39-19-21-40(22-20-39)18-17-34-32-29-10-4-5-11-30(29)37-33(38-32)35-23-25-13-15-26(16-14-25)24-36-43(41,42)31-12-6-8-27-7-2-3-9-28(27)31/h2-12,25-26,36H,13-24H2,1H3,(H2,34,35,37,38). The van der Waals surface area contributed by atoms with Crippen LogP contribution >= 0.6 is 0 Å². The van der Waals surface area contributed by atoms with Crippen LogP contribution in [-0.2, 0) is 10.0 Å². The normalized spacial score (nSPS) is 20.4. The zero-order valence-electron chi connectivity index (χ0n) is 25.0. The average molecular weight is 602 g/mol. The fourth-order valence-corrected chi connectivity index (χ4v) is 7.65. The number of nitrogens with zero attached hydrogens (tertiary/aromatic N) is 4. The van der Waals surface area contributed by atoms with E-state index in [1.807, 2.05) is 54.6 Å². The van der Waals surface area contributed by atoms with E-state index < -0.39 is 10.0 Å². The lowest BCUT2D eigenvalue weighted by molar-refractivity contribution is 0.158. The second kappa shape index (κ2) is 13.5. The number of hydrogen-bond donors (Lipinski definition) is 3. The molecular weight excluding hydrogens is 558 g/mol. The second-order valence-corrected chi connectivity index (χ2v) is 13.8. The first-order valence-electron chi connectivity index (χ1n) is 15.6. The number of likely N-dealkylation sites (N-methyl/N-ethyl adjacent to an activating group) is 1. The Morgan fingerprint density at radius 2 is 1.44 bits per heavy atom. The third-order valence-electron chi connectivity index (χ3n) is 9.04. The van der Waals surface area contributed by atoms with Crippen LogP contribution in [0.4, 0.5) is 11.8 Å². The molecule has 3 N–H and O–H groups in total. The summed E-state index contributed by atoms with van der Waals surface area (Å²) >= 11 is 0. The minimum atomic E-state index is -3.57. The van der Waals surface area contributed by atoms with Crippen molar-refractivity contribution in [3.63, 3.8) is 0 Å². The number of nitrogens with one attached hydrogen (secondary N) is 3. The fourth-order valence-electron chi connectivity index (χ4n) is 6.30. The molecule has 2 aliphatic rings. The maximum atomic E-state index is 13.1. The summed E-state index contributed by atoms with van der Waals surface area (Å²) in [5, 5.41) is 9.82. The Morgan fingerprint density at radius 1 is 0.767 bits per heavy atom. The van der Waals surface area contributed by atoms with Crippen LogP contribution in [0.2, 0.25) is 0 Å². The highest BCUT2D eigenvalue weighted by molar-refractivity contribution is 7.89. The number of piperazine rings is 1. The predicted octanol–water partition coefficient (Wildman–Crippen LogP) is 4.64. The molecule has 0 amide bonds. The van der Waals surface area contributed by atoms with E-state index in [1.54, 1.807) is 6.07 Å². The van der Waals surface area contributed by atoms with Crippen LogP contribution in [-0.4, -0.2) is 87.6 Å². The van der Waals surface area contributed by atoms with Crippen LogP contribution in [0, 0.1) is 11.8 Å². The second-order valence-electron chi connectivity index (χ2n) is 12.1. The van der Waals surface area contributed by atoms with Crippen LogP contribution in [0.25, 0.3) is 21.7 Å². The third-order valence-corrected chi connectivity index (χ3v) is 10.5. The molecule has 0 atom stereocenters. The maximum absolute atomic E-state index is 13.1. The Kier molecular flexibility index (Phi) is 9.37. The Bertz CT molecular complexity index is 1630. The molecule has 4 aromatic rings. The zero-order chi connectivity index (χ0) is 29.6. The first-order chi connectivity index (χ1) is 20.9. The highest BCUT2D eigenvalue weighted by Crippen LogP contribution is 2.30. The van der Waals surface area contributed by atoms with Crippen LogP contribution in [0.1, 0.15) is 25.7 Å². The molecule has 6 rings (SSSR count). The van der Waals surface area contributed by atoms with Crippen molar-refractivity contribution in [2.24, 2.45) is 11.8 Å². The first-order valence-corrected chi connectivity index (χ1v) is 17.1. The zero-order valence-corrected chi connectivity index (χ0v) is 25.8. The lowest BCUT2D eigenvalue weighted by Crippen LogP contribution is -2.45. The van der Waals surface area contributed by atoms with Gasteiger partial charge in [-0.1, -0.05) is 48.5 Å². The van der Waals surface area contributed by atoms with Crippen molar-refractivity contribution in [2.75, 3.05) is 70.0 Å². The van der Waals surface area contributed by atoms with Crippen LogP contribution < -0.4 is 15.4 Å². The highest BCUT2D eigenvalue weighted by Gasteiger charge is 2.24. The number of fused-ring (bicyclic) bond motifs is 2. The molecule has 1 aliphatic heterocycles. The Labute approximate surface area is 255 Å². The monoisotopic (exact) mass is 601 g/mol. The molecule has 0 bridgehead atoms. The van der Waals surface area contributed by atoms with E-state index in [-0.39, 0.29) is 0 Å². The molecular formula is C33H43N7O2S. The van der Waals surface area contributed by atoms with E-state index in [1.165, 1.54) is 0 Å². The molecule has 2 fully saturated rings. The molecule has 228 valence electrons. The predicted molar refractivity (Wildman–Crippen MR) is 175 cm³/mol. The molecule has 1 aromatic heterocycles. The summed E-state index contributed by atoms with van der Waals surface area (Å²) in [7, 11) is -1.39. The van der Waals surface area contributed by atoms with Gasteiger partial charge in [-0.15, -0.1) is 0 Å². The van der Waals surface area contributed by atoms with E-state index in [2.05, 4.69) is 38.3 Å². The van der Waals surface area contributed by atoms with Gasteiger partial charge in [0.15, 0.2) is 0 Å². The molecule has 1 aliphatic carbocycles. The Balaban J connectivity index is 0.997. The SMILES string of the molecule is CN1CCN(CCNc2nc(NCC3CCC(CNS(=O)(=O)c4cccc5ccccc45)CC3)nc3ccccc23)CC1. The molecule has 2 heterocycles. The maximum Gasteiger partial charge on any atom is 0.241 e. The van der Waals surface area contributed by atoms with Gasteiger partial charge in [0.1, 0.15) is 5.82 Å². The van der Waals surface area contributed by atoms with Crippen molar-refractivity contribution in [2.45, 2.75) is 30.6 Å². The smallest absolute Gasteiger partial charge is 0.241 e. The van der Waals surface area contributed by atoms with Gasteiger partial charge >= 0.3 is 0 Å². The third kappa shape index (κ3) is 7.44. The topological polar surface area (TPSA) is 102 Å². The van der Waals surface area contributed by atoms with Gasteiger partial charge in [0.25, 0.3) is 0 Å². The number of para-hydroxylation sites is 1. The summed E-state index contributed by atoms with van der Waals surface area (Å²) in [4.78, 5) is 14.9. The van der Waals surface area contributed by atoms with Gasteiger partial charge in [-0.3, -0.25) is 4.90 Å². The summed E-state index contributed by atoms with van der Waals surface area (Å²) in [6.07, 6.45) is 4.11. The lowest BCUT2D eigenvalue weighted by Gasteiger charge is -2.32. The summed E-state index contributed by atoms with van der Waals surface area (Å²) in [6.45, 7) is 7.58. The van der Waals surface area contributed by atoms with Gasteiger partial charge in [0, 0.05) is 63.1 Å². The fraction of sp³-hybridized carbons (Fsp3) is 0.455. The number of sulfonamides is 1. The minimum Gasteiger partial charge on any atom is -0.368 e. The molecule has 1 saturated heterocycles. The summed E-state index contributed by atoms with van der Waals surface area (Å²) in [5.74, 6) is 2.39. The van der Waals surface area contributed by atoms with E-state index in [4.69, 9.17) is 9.97 Å². The van der Waals surface area contributed by atoms with Crippen molar-refractivity contribution in [1.29, 1.82) is 0 Å². The molecule has 1 saturated carbocycles. The number of benzene rings is 3. The van der Waals surface area contributed by atoms with E-state index in [9.17, 15) is 8.42 Å². The van der Waals surface area contributed by atoms with E-state index in [0.717, 1.165) is 99.0 Å². The molecule has 3 aromatic carbocycles. The number of aromatic nitrogens is 2. The van der Waals surface area contributed by atoms with Gasteiger partial charge < -0.3 is 15.5 Å². The van der Waals surface area contributed by atoms with E-state index in [0.29, 0.717) is 29.2 Å². The minimum absolute atomic E-state index is 0.342. The largest absolute Gasteiger partial charge is 0.368 e. The van der Waals surface area contributed by atoms with Crippen molar-refractivity contribution in [1.82, 2.24) is 24.5 Å². The summed E-state index contributed by atoms with van der Waals surface area (Å²) < 4.78 is 29.2. The molecule has 0 radical (unpaired) electrons. The van der Waals surface area contributed by atoms with Crippen LogP contribution in [0.15, 0.2) is 71.6 Å².